The Balaban J connectivity index is 2.04. The van der Waals surface area contributed by atoms with Crippen LogP contribution in [0.2, 0.25) is 0 Å². The first-order valence-electron chi connectivity index (χ1n) is 8.29. The highest BCUT2D eigenvalue weighted by Crippen LogP contribution is 2.30. The normalized spacial score (nSPS) is 10.5. The van der Waals surface area contributed by atoms with Gasteiger partial charge in [0.25, 0.3) is 0 Å². The molecule has 0 amide bonds. The third-order valence-electron chi connectivity index (χ3n) is 4.34. The summed E-state index contributed by atoms with van der Waals surface area (Å²) in [5.74, 6) is -2.48. The lowest BCUT2D eigenvalue weighted by molar-refractivity contribution is 0.0652. The van der Waals surface area contributed by atoms with E-state index in [-0.39, 0.29) is 11.1 Å². The summed E-state index contributed by atoms with van der Waals surface area (Å²) >= 11 is 0. The van der Waals surface area contributed by atoms with E-state index in [1.165, 1.54) is 11.6 Å². The maximum Gasteiger partial charge on any atom is 0.337 e. The number of rotatable bonds is 6. The molecular weight excluding hydrogens is 328 g/mol. The first-order valence-corrected chi connectivity index (χ1v) is 8.29. The predicted molar refractivity (Wildman–Crippen MR) is 99.6 cm³/mol. The third-order valence-corrected chi connectivity index (χ3v) is 4.34. The molecule has 3 aromatic carbocycles. The van der Waals surface area contributed by atoms with Gasteiger partial charge in [0.1, 0.15) is 0 Å². The molecule has 0 spiro atoms. The Morgan fingerprint density at radius 2 is 1.31 bits per heavy atom. The van der Waals surface area contributed by atoms with Crippen molar-refractivity contribution in [2.24, 2.45) is 0 Å². The fourth-order valence-electron chi connectivity index (χ4n) is 3.11. The van der Waals surface area contributed by atoms with Crippen molar-refractivity contribution < 1.29 is 19.8 Å². The van der Waals surface area contributed by atoms with Gasteiger partial charge < -0.3 is 10.2 Å². The molecule has 0 bridgehead atoms. The van der Waals surface area contributed by atoms with Crippen LogP contribution < -0.4 is 0 Å². The number of carbonyl (C=O) groups is 2. The molecular formula is C22H18O4. The van der Waals surface area contributed by atoms with Gasteiger partial charge >= 0.3 is 11.9 Å². The van der Waals surface area contributed by atoms with Gasteiger partial charge in [0, 0.05) is 0 Å². The summed E-state index contributed by atoms with van der Waals surface area (Å²) in [6.07, 6.45) is 1.55. The van der Waals surface area contributed by atoms with E-state index in [9.17, 15) is 19.8 Å². The van der Waals surface area contributed by atoms with Gasteiger partial charge in [0.2, 0.25) is 0 Å². The fourth-order valence-corrected chi connectivity index (χ4v) is 3.11. The lowest BCUT2D eigenvalue weighted by atomic mass is 9.90. The third kappa shape index (κ3) is 3.64. The Hall–Kier alpha value is -3.40. The Morgan fingerprint density at radius 3 is 2.00 bits per heavy atom. The van der Waals surface area contributed by atoms with Crippen molar-refractivity contribution in [2.75, 3.05) is 0 Å². The van der Waals surface area contributed by atoms with E-state index >= 15 is 0 Å². The minimum absolute atomic E-state index is 0.174. The predicted octanol–water partition coefficient (Wildman–Crippen LogP) is 4.54. The van der Waals surface area contributed by atoms with Crippen molar-refractivity contribution in [3.05, 3.63) is 95.1 Å². The molecule has 0 radical (unpaired) electrons. The summed E-state index contributed by atoms with van der Waals surface area (Å²) in [7, 11) is 0. The minimum atomic E-state index is -1.24. The van der Waals surface area contributed by atoms with E-state index < -0.39 is 11.9 Å². The SMILES string of the molecule is O=C(O)c1cccc(-c2ccccc2CCc2ccccc2)c1C(=O)O. The Labute approximate surface area is 151 Å². The van der Waals surface area contributed by atoms with Crippen LogP contribution in [0.15, 0.2) is 72.8 Å². The van der Waals surface area contributed by atoms with E-state index in [4.69, 9.17) is 0 Å². The van der Waals surface area contributed by atoms with Gasteiger partial charge in [-0.2, -0.15) is 0 Å². The first-order chi connectivity index (χ1) is 12.6. The summed E-state index contributed by atoms with van der Waals surface area (Å²) < 4.78 is 0. The van der Waals surface area contributed by atoms with Crippen LogP contribution in [0, 0.1) is 0 Å². The molecule has 3 aromatic rings. The van der Waals surface area contributed by atoms with Crippen molar-refractivity contribution in [1.29, 1.82) is 0 Å². The number of benzene rings is 3. The highest BCUT2D eigenvalue weighted by atomic mass is 16.4. The molecule has 0 aliphatic heterocycles. The van der Waals surface area contributed by atoms with Gasteiger partial charge in [-0.1, -0.05) is 66.7 Å². The van der Waals surface area contributed by atoms with E-state index in [0.29, 0.717) is 5.56 Å². The van der Waals surface area contributed by atoms with Crippen LogP contribution in [0.3, 0.4) is 0 Å². The Bertz CT molecular complexity index is 945. The summed E-state index contributed by atoms with van der Waals surface area (Å²) in [6, 6.07) is 22.1. The van der Waals surface area contributed by atoms with Crippen LogP contribution >= 0.6 is 0 Å². The van der Waals surface area contributed by atoms with Gasteiger partial charge in [-0.15, -0.1) is 0 Å². The van der Waals surface area contributed by atoms with E-state index in [1.807, 2.05) is 42.5 Å². The number of carboxylic acids is 2. The lowest BCUT2D eigenvalue weighted by Gasteiger charge is -2.14. The largest absolute Gasteiger partial charge is 0.478 e. The molecule has 4 heteroatoms. The number of hydrogen-bond acceptors (Lipinski definition) is 2. The van der Waals surface area contributed by atoms with Gasteiger partial charge in [-0.25, -0.2) is 9.59 Å². The average Bonchev–Trinajstić information content (AvgIpc) is 2.66. The van der Waals surface area contributed by atoms with Gasteiger partial charge in [0.15, 0.2) is 0 Å². The second-order valence-electron chi connectivity index (χ2n) is 5.98. The van der Waals surface area contributed by atoms with Gasteiger partial charge in [0.05, 0.1) is 11.1 Å². The van der Waals surface area contributed by atoms with Gasteiger partial charge in [-0.3, -0.25) is 0 Å². The van der Waals surface area contributed by atoms with Crippen molar-refractivity contribution in [1.82, 2.24) is 0 Å². The molecule has 0 aliphatic rings. The van der Waals surface area contributed by atoms with E-state index in [1.54, 1.807) is 12.1 Å². The van der Waals surface area contributed by atoms with Crippen LogP contribution in [0.1, 0.15) is 31.8 Å². The Morgan fingerprint density at radius 1 is 0.654 bits per heavy atom. The molecule has 26 heavy (non-hydrogen) atoms. The molecule has 0 atom stereocenters. The quantitative estimate of drug-likeness (QED) is 0.687. The van der Waals surface area contributed by atoms with Gasteiger partial charge in [-0.05, 0) is 41.2 Å². The number of aryl methyl sites for hydroxylation is 2. The number of aromatic carboxylic acids is 2. The number of hydrogen-bond donors (Lipinski definition) is 2. The molecule has 0 aromatic heterocycles. The van der Waals surface area contributed by atoms with Crippen molar-refractivity contribution in [3.63, 3.8) is 0 Å². The monoisotopic (exact) mass is 346 g/mol. The smallest absolute Gasteiger partial charge is 0.337 e. The van der Waals surface area contributed by atoms with Crippen molar-refractivity contribution in [2.45, 2.75) is 12.8 Å². The maximum absolute atomic E-state index is 11.7. The van der Waals surface area contributed by atoms with Crippen LogP contribution in [-0.2, 0) is 12.8 Å². The summed E-state index contributed by atoms with van der Waals surface area (Å²) in [4.78, 5) is 23.2. The average molecular weight is 346 g/mol. The topological polar surface area (TPSA) is 74.6 Å². The fraction of sp³-hybridized carbons (Fsp3) is 0.0909. The van der Waals surface area contributed by atoms with Crippen LogP contribution in [0.25, 0.3) is 11.1 Å². The molecule has 0 saturated heterocycles. The highest BCUT2D eigenvalue weighted by Gasteiger charge is 2.21. The zero-order valence-corrected chi connectivity index (χ0v) is 14.1. The Kier molecular flexibility index (Phi) is 5.13. The van der Waals surface area contributed by atoms with Crippen molar-refractivity contribution >= 4 is 11.9 Å². The molecule has 0 unspecified atom stereocenters. The van der Waals surface area contributed by atoms with Crippen molar-refractivity contribution in [3.8, 4) is 11.1 Å². The first kappa shape index (κ1) is 17.4. The minimum Gasteiger partial charge on any atom is -0.478 e. The zero-order valence-electron chi connectivity index (χ0n) is 14.1. The molecule has 4 nitrogen and oxygen atoms in total. The second kappa shape index (κ2) is 7.66. The molecule has 3 rings (SSSR count). The molecule has 0 heterocycles. The van der Waals surface area contributed by atoms with Crippen LogP contribution in [0.4, 0.5) is 0 Å². The summed E-state index contributed by atoms with van der Waals surface area (Å²) in [5.41, 5.74) is 2.99. The number of carboxylic acid groups (broad SMARTS) is 2. The molecule has 2 N–H and O–H groups in total. The summed E-state index contributed by atoms with van der Waals surface area (Å²) in [5, 5.41) is 18.9. The molecule has 130 valence electrons. The molecule has 0 fully saturated rings. The maximum atomic E-state index is 11.7. The standard InChI is InChI=1S/C22H18O4/c23-21(24)19-12-6-11-18(20(19)22(25)26)17-10-5-4-9-16(17)14-13-15-7-2-1-3-8-15/h1-12H,13-14H2,(H,23,24)(H,25,26). The van der Waals surface area contributed by atoms with E-state index in [2.05, 4.69) is 12.1 Å². The molecule has 0 saturated carbocycles. The van der Waals surface area contributed by atoms with E-state index in [0.717, 1.165) is 24.0 Å². The second-order valence-corrected chi connectivity index (χ2v) is 5.98. The zero-order chi connectivity index (χ0) is 18.5. The molecule has 0 aliphatic carbocycles. The van der Waals surface area contributed by atoms with Crippen LogP contribution in [0.5, 0.6) is 0 Å². The van der Waals surface area contributed by atoms with Crippen LogP contribution in [-0.4, -0.2) is 22.2 Å². The summed E-state index contributed by atoms with van der Waals surface area (Å²) in [6.45, 7) is 0. The lowest BCUT2D eigenvalue weighted by Crippen LogP contribution is -2.10. The highest BCUT2D eigenvalue weighted by molar-refractivity contribution is 6.06.